The molecule has 1 aromatic carbocycles. The van der Waals surface area contributed by atoms with Gasteiger partial charge in [0.1, 0.15) is 0 Å². The van der Waals surface area contributed by atoms with Crippen LogP contribution >= 0.6 is 0 Å². The fraction of sp³-hybridized carbons (Fsp3) is 0.136. The van der Waals surface area contributed by atoms with Gasteiger partial charge < -0.3 is 10.2 Å². The van der Waals surface area contributed by atoms with Gasteiger partial charge in [-0.2, -0.15) is 0 Å². The van der Waals surface area contributed by atoms with E-state index < -0.39 is 17.5 Å². The Balaban J connectivity index is 0.000000321. The highest BCUT2D eigenvalue weighted by Crippen LogP contribution is 2.41. The van der Waals surface area contributed by atoms with Crippen LogP contribution in [0, 0.1) is 5.41 Å². The molecule has 0 bridgehead atoms. The summed E-state index contributed by atoms with van der Waals surface area (Å²) in [4.78, 5) is 22.5. The zero-order chi connectivity index (χ0) is 20.0. The molecule has 0 heterocycles. The van der Waals surface area contributed by atoms with E-state index in [1.54, 1.807) is 6.08 Å². The maximum atomic E-state index is 11.2. The Kier molecular flexibility index (Phi) is 6.44. The first-order valence-corrected chi connectivity index (χ1v) is 8.47. The lowest BCUT2D eigenvalue weighted by Gasteiger charge is -2.17. The highest BCUT2D eigenvalue weighted by atomic mass is 16.4. The number of carbonyl (C=O) groups is 2. The molecular formula is C22H21NO4. The van der Waals surface area contributed by atoms with Gasteiger partial charge in [-0.25, -0.2) is 9.59 Å². The van der Waals surface area contributed by atoms with Crippen LogP contribution in [0.4, 0.5) is 0 Å². The van der Waals surface area contributed by atoms with E-state index in [-0.39, 0.29) is 11.3 Å². The summed E-state index contributed by atoms with van der Waals surface area (Å²) in [6, 6.07) is 7.32. The lowest BCUT2D eigenvalue weighted by Crippen LogP contribution is -2.22. The van der Waals surface area contributed by atoms with Crippen LogP contribution in [0.25, 0.3) is 11.6 Å². The van der Waals surface area contributed by atoms with Gasteiger partial charge >= 0.3 is 11.9 Å². The monoisotopic (exact) mass is 363 g/mol. The van der Waals surface area contributed by atoms with Crippen molar-refractivity contribution < 1.29 is 19.8 Å². The maximum Gasteiger partial charge on any atom is 0.338 e. The third kappa shape index (κ3) is 4.20. The van der Waals surface area contributed by atoms with Crippen molar-refractivity contribution >= 4 is 29.3 Å². The van der Waals surface area contributed by atoms with Crippen molar-refractivity contribution in [1.29, 1.82) is 5.41 Å². The quantitative estimate of drug-likeness (QED) is 0.530. The number of rotatable bonds is 5. The van der Waals surface area contributed by atoms with Crippen molar-refractivity contribution in [2.45, 2.75) is 19.8 Å². The first kappa shape index (κ1) is 19.8. The Morgan fingerprint density at radius 2 is 1.78 bits per heavy atom. The van der Waals surface area contributed by atoms with Crippen LogP contribution < -0.4 is 0 Å². The normalized spacial score (nSPS) is 14.6. The van der Waals surface area contributed by atoms with Gasteiger partial charge in [0, 0.05) is 5.57 Å². The summed E-state index contributed by atoms with van der Waals surface area (Å²) in [7, 11) is 0. The van der Waals surface area contributed by atoms with Crippen molar-refractivity contribution in [3.63, 3.8) is 0 Å². The van der Waals surface area contributed by atoms with Gasteiger partial charge in [-0.1, -0.05) is 42.5 Å². The van der Waals surface area contributed by atoms with Crippen LogP contribution in [0.1, 0.15) is 30.9 Å². The summed E-state index contributed by atoms with van der Waals surface area (Å²) < 4.78 is 0. The average Bonchev–Trinajstić information content (AvgIpc) is 3.01. The molecule has 0 aromatic heterocycles. The Labute approximate surface area is 157 Å². The molecule has 2 aliphatic rings. The zero-order valence-corrected chi connectivity index (χ0v) is 15.0. The maximum absolute atomic E-state index is 11.2. The van der Waals surface area contributed by atoms with Crippen molar-refractivity contribution in [3.8, 4) is 0 Å². The van der Waals surface area contributed by atoms with E-state index in [1.807, 2.05) is 37.3 Å². The Bertz CT molecular complexity index is 929. The average molecular weight is 363 g/mol. The summed E-state index contributed by atoms with van der Waals surface area (Å²) >= 11 is 0. The van der Waals surface area contributed by atoms with Crippen LogP contribution in [-0.2, 0) is 9.59 Å². The number of nitrogens with one attached hydrogen (secondary N) is 1. The van der Waals surface area contributed by atoms with Gasteiger partial charge in [-0.05, 0) is 48.6 Å². The third-order valence-corrected chi connectivity index (χ3v) is 4.14. The number of benzene rings is 1. The second kappa shape index (κ2) is 8.76. The van der Waals surface area contributed by atoms with Crippen LogP contribution in [-0.4, -0.2) is 27.9 Å². The van der Waals surface area contributed by atoms with Crippen LogP contribution in [0.2, 0.25) is 0 Å². The van der Waals surface area contributed by atoms with E-state index in [0.717, 1.165) is 24.0 Å². The lowest BCUT2D eigenvalue weighted by molar-refractivity contribution is -0.135. The second-order valence-electron chi connectivity index (χ2n) is 5.91. The van der Waals surface area contributed by atoms with E-state index in [0.29, 0.717) is 11.1 Å². The smallest absolute Gasteiger partial charge is 0.338 e. The molecule has 0 fully saturated rings. The van der Waals surface area contributed by atoms with Crippen molar-refractivity contribution in [1.82, 2.24) is 0 Å². The number of hydrogen-bond donors (Lipinski definition) is 3. The number of fused-ring (bicyclic) bond motifs is 3. The molecule has 3 rings (SSSR count). The minimum absolute atomic E-state index is 0.261. The van der Waals surface area contributed by atoms with Crippen molar-refractivity contribution in [3.05, 3.63) is 83.0 Å². The number of unbranched alkanes of at least 4 members (excludes halogenated alkanes) is 1. The molecule has 5 nitrogen and oxygen atoms in total. The standard InChI is InChI=1S/C15H9NO4.C7H12/c16-13-10-5-7-3-1-2-4-8(7)9(10)6-11(14(17)18)12(13)15(19)20;1-3-5-7-6-4-2/h1-6,16H,(H,17,18)(H,19,20);3-4,6H,1,5,7H2,2H3. The van der Waals surface area contributed by atoms with Gasteiger partial charge in [0.15, 0.2) is 0 Å². The van der Waals surface area contributed by atoms with Gasteiger partial charge in [0.05, 0.1) is 16.9 Å². The van der Waals surface area contributed by atoms with Crippen molar-refractivity contribution in [2.75, 3.05) is 0 Å². The number of hydrogen-bond acceptors (Lipinski definition) is 3. The first-order chi connectivity index (χ1) is 12.9. The lowest BCUT2D eigenvalue weighted by atomic mass is 9.86. The highest BCUT2D eigenvalue weighted by molar-refractivity contribution is 6.37. The van der Waals surface area contributed by atoms with Crippen LogP contribution in [0.15, 0.2) is 71.9 Å². The van der Waals surface area contributed by atoms with Crippen LogP contribution in [0.3, 0.4) is 0 Å². The minimum Gasteiger partial charge on any atom is -0.478 e. The number of allylic oxidation sites excluding steroid dienone is 5. The van der Waals surface area contributed by atoms with E-state index >= 15 is 0 Å². The van der Waals surface area contributed by atoms with Crippen LogP contribution in [0.5, 0.6) is 0 Å². The molecule has 0 aliphatic heterocycles. The SMILES string of the molecule is C=CCCC=CC.N=C1C2=Cc3ccccc3C2=CC(C(=O)O)=C1C(=O)O. The molecular weight excluding hydrogens is 342 g/mol. The third-order valence-electron chi connectivity index (χ3n) is 4.14. The van der Waals surface area contributed by atoms with E-state index in [4.69, 9.17) is 15.6 Å². The highest BCUT2D eigenvalue weighted by Gasteiger charge is 2.34. The summed E-state index contributed by atoms with van der Waals surface area (Å²) in [5, 5.41) is 26.3. The predicted molar refractivity (Wildman–Crippen MR) is 107 cm³/mol. The minimum atomic E-state index is -1.40. The molecule has 0 spiro atoms. The van der Waals surface area contributed by atoms with E-state index in [9.17, 15) is 9.59 Å². The molecule has 0 saturated carbocycles. The Morgan fingerprint density at radius 1 is 1.07 bits per heavy atom. The molecule has 0 amide bonds. The molecule has 0 saturated heterocycles. The second-order valence-corrected chi connectivity index (χ2v) is 5.91. The van der Waals surface area contributed by atoms with Crippen molar-refractivity contribution in [2.24, 2.45) is 0 Å². The molecule has 2 aliphatic carbocycles. The summed E-state index contributed by atoms with van der Waals surface area (Å²) in [5.41, 5.74) is 1.63. The molecule has 1 aromatic rings. The Morgan fingerprint density at radius 3 is 2.37 bits per heavy atom. The predicted octanol–water partition coefficient (Wildman–Crippen LogP) is 4.49. The molecule has 0 atom stereocenters. The summed E-state index contributed by atoms with van der Waals surface area (Å²) in [5.74, 6) is -2.75. The largest absolute Gasteiger partial charge is 0.478 e. The van der Waals surface area contributed by atoms with Gasteiger partial charge in [0.25, 0.3) is 0 Å². The van der Waals surface area contributed by atoms with Gasteiger partial charge in [0.2, 0.25) is 0 Å². The number of carboxylic acids is 2. The number of carboxylic acid groups (broad SMARTS) is 2. The molecule has 27 heavy (non-hydrogen) atoms. The zero-order valence-electron chi connectivity index (χ0n) is 15.0. The van der Waals surface area contributed by atoms with E-state index in [2.05, 4.69) is 18.7 Å². The first-order valence-electron chi connectivity index (χ1n) is 8.47. The fourth-order valence-electron chi connectivity index (χ4n) is 2.87. The Hall–Kier alpha value is -3.47. The molecule has 3 N–H and O–H groups in total. The molecule has 5 heteroatoms. The molecule has 0 unspecified atom stereocenters. The van der Waals surface area contributed by atoms with Gasteiger partial charge in [-0.15, -0.1) is 6.58 Å². The van der Waals surface area contributed by atoms with Gasteiger partial charge in [-0.3, -0.25) is 5.41 Å². The fourth-order valence-corrected chi connectivity index (χ4v) is 2.87. The topological polar surface area (TPSA) is 98.5 Å². The molecule has 138 valence electrons. The molecule has 0 radical (unpaired) electrons. The summed E-state index contributed by atoms with van der Waals surface area (Å²) in [6.07, 6.45) is 11.4. The number of aliphatic carboxylic acids is 2. The van der Waals surface area contributed by atoms with E-state index in [1.165, 1.54) is 6.08 Å². The summed E-state index contributed by atoms with van der Waals surface area (Å²) in [6.45, 7) is 5.63.